The summed E-state index contributed by atoms with van der Waals surface area (Å²) >= 11 is 0. The number of nitrogens with two attached hydrogens (primary N) is 3. The Morgan fingerprint density at radius 2 is 1.75 bits per heavy atom. The number of nitrogens with zero attached hydrogens (tertiary/aromatic N) is 4. The lowest BCUT2D eigenvalue weighted by Gasteiger charge is -2.49. The molecule has 2 amide bonds. The second kappa shape index (κ2) is 18.4. The standard InChI is InChI=1S/C47H52N8O12/c1-4-25-29(65-3)16-30(66-45-43(62)44(63)47(64,31(20-56)67-45)17-24(22-11-12-52-33(49)14-22)19-55-34(57)9-10-35(55)58)39-37(25)40(59)27-15-26-23(13-21-5-8-32(48)53-18-21)6-7-28(54-46(50)51-2)36(26)41(60)38(27)42(39)61/h5,8-12,14-16,18,23-24,28,31,43-45,56,60,62-64H,4,6-7,13,17,19-20H2,1-3H3,(H2,48,53)(H2,49,52)(H3,50,51,54). The maximum absolute atomic E-state index is 15.1. The van der Waals surface area contributed by atoms with Crippen molar-refractivity contribution in [3.63, 3.8) is 0 Å². The molecule has 0 saturated carbocycles. The summed E-state index contributed by atoms with van der Waals surface area (Å²) in [5, 5.41) is 61.9. The first kappa shape index (κ1) is 46.6. The van der Waals surface area contributed by atoms with Crippen molar-refractivity contribution in [2.75, 3.05) is 38.8 Å². The van der Waals surface area contributed by atoms with Crippen LogP contribution in [0.25, 0.3) is 0 Å². The molecule has 2 aromatic carbocycles. The van der Waals surface area contributed by atoms with Crippen LogP contribution in [0.3, 0.4) is 0 Å². The number of nitrogen functional groups attached to an aromatic ring is 2. The minimum atomic E-state index is -2.46. The van der Waals surface area contributed by atoms with E-state index in [0.29, 0.717) is 47.3 Å². The molecule has 20 nitrogen and oxygen atoms in total. The molecule has 1 fully saturated rings. The number of ketones is 2. The van der Waals surface area contributed by atoms with Crippen LogP contribution < -0.4 is 32.0 Å². The average Bonchev–Trinajstić information content (AvgIpc) is 3.63. The zero-order valence-corrected chi connectivity index (χ0v) is 36.9. The maximum atomic E-state index is 15.1. The summed E-state index contributed by atoms with van der Waals surface area (Å²) in [5.74, 6) is -3.96. The first-order valence-corrected chi connectivity index (χ1v) is 21.7. The van der Waals surface area contributed by atoms with E-state index < -0.39 is 84.3 Å². The molecule has 67 heavy (non-hydrogen) atoms. The lowest BCUT2D eigenvalue weighted by atomic mass is 9.72. The number of aliphatic hydroxyl groups excluding tert-OH is 3. The van der Waals surface area contributed by atoms with Gasteiger partial charge in [-0.05, 0) is 79.0 Å². The van der Waals surface area contributed by atoms with Crippen LogP contribution >= 0.6 is 0 Å². The molecule has 4 aromatic rings. The molecule has 0 bridgehead atoms. The van der Waals surface area contributed by atoms with E-state index in [1.54, 1.807) is 31.3 Å². The number of fused-ring (bicyclic) bond motifs is 3. The van der Waals surface area contributed by atoms with Crippen molar-refractivity contribution in [2.45, 2.75) is 87.1 Å². The molecule has 2 aliphatic carbocycles. The number of aromatic nitrogens is 2. The van der Waals surface area contributed by atoms with E-state index in [0.717, 1.165) is 22.6 Å². The quantitative estimate of drug-likeness (QED) is 0.0452. The number of carbonyl (C=O) groups excluding carboxylic acids is 4. The molecule has 0 spiro atoms. The molecule has 1 saturated heterocycles. The number of methoxy groups -OCH3 is 1. The Bertz CT molecular complexity index is 2690. The lowest BCUT2D eigenvalue weighted by molar-refractivity contribution is -0.315. The zero-order chi connectivity index (χ0) is 48.1. The maximum Gasteiger partial charge on any atom is 0.253 e. The smallest absolute Gasteiger partial charge is 0.253 e. The first-order chi connectivity index (χ1) is 32.0. The van der Waals surface area contributed by atoms with Crippen molar-refractivity contribution < 1.29 is 58.9 Å². The predicted octanol–water partition coefficient (Wildman–Crippen LogP) is 1.04. The van der Waals surface area contributed by atoms with Gasteiger partial charge >= 0.3 is 0 Å². The van der Waals surface area contributed by atoms with Gasteiger partial charge in [-0.15, -0.1) is 0 Å². The number of amides is 2. The third-order valence-electron chi connectivity index (χ3n) is 13.2. The van der Waals surface area contributed by atoms with E-state index >= 15 is 4.79 Å². The van der Waals surface area contributed by atoms with E-state index in [1.807, 2.05) is 6.07 Å². The van der Waals surface area contributed by atoms with Crippen molar-refractivity contribution in [1.82, 2.24) is 20.2 Å². The van der Waals surface area contributed by atoms with Crippen LogP contribution in [-0.2, 0) is 27.2 Å². The van der Waals surface area contributed by atoms with Gasteiger partial charge in [0, 0.05) is 72.4 Å². The zero-order valence-electron chi connectivity index (χ0n) is 36.9. The van der Waals surface area contributed by atoms with Crippen LogP contribution in [0.4, 0.5) is 11.6 Å². The van der Waals surface area contributed by atoms with E-state index in [2.05, 4.69) is 20.3 Å². The summed E-state index contributed by atoms with van der Waals surface area (Å²) in [5.41, 5.74) is 17.3. The van der Waals surface area contributed by atoms with E-state index in [4.69, 9.17) is 31.4 Å². The van der Waals surface area contributed by atoms with Crippen LogP contribution in [0.1, 0.15) is 104 Å². The molecule has 8 unspecified atom stereocenters. The van der Waals surface area contributed by atoms with Crippen molar-refractivity contribution in [2.24, 2.45) is 10.7 Å². The predicted molar refractivity (Wildman–Crippen MR) is 240 cm³/mol. The highest BCUT2D eigenvalue weighted by Crippen LogP contribution is 2.50. The highest BCUT2D eigenvalue weighted by molar-refractivity contribution is 6.31. The summed E-state index contributed by atoms with van der Waals surface area (Å²) in [6, 6.07) is 8.88. The summed E-state index contributed by atoms with van der Waals surface area (Å²) in [6.45, 7) is 0.532. The Hall–Kier alpha value is -6.97. The molecule has 12 N–H and O–H groups in total. The van der Waals surface area contributed by atoms with E-state index in [9.17, 15) is 39.9 Å². The fraction of sp³-hybridized carbons (Fsp3) is 0.383. The summed E-state index contributed by atoms with van der Waals surface area (Å²) < 4.78 is 18.0. The Balaban J connectivity index is 1.17. The molecule has 8 atom stereocenters. The number of aliphatic imine (C=N–C) groups is 1. The molecule has 352 valence electrons. The average molecular weight is 921 g/mol. The Kier molecular flexibility index (Phi) is 12.8. The third-order valence-corrected chi connectivity index (χ3v) is 13.2. The number of phenolic OH excluding ortho intramolecular Hbond substituents is 1. The highest BCUT2D eigenvalue weighted by atomic mass is 16.7. The summed E-state index contributed by atoms with van der Waals surface area (Å²) in [6.07, 6.45) is -1.33. The van der Waals surface area contributed by atoms with Crippen LogP contribution in [-0.4, -0.2) is 127 Å². The number of pyridine rings is 2. The number of aliphatic hydroxyl groups is 4. The van der Waals surface area contributed by atoms with E-state index in [-0.39, 0.29) is 64.4 Å². The van der Waals surface area contributed by atoms with Crippen LogP contribution in [0.2, 0.25) is 0 Å². The van der Waals surface area contributed by atoms with Crippen LogP contribution in [0.15, 0.2) is 65.9 Å². The van der Waals surface area contributed by atoms with Crippen molar-refractivity contribution in [3.8, 4) is 17.2 Å². The number of benzene rings is 2. The molecule has 0 radical (unpaired) electrons. The Morgan fingerprint density at radius 3 is 2.39 bits per heavy atom. The van der Waals surface area contributed by atoms with E-state index in [1.165, 1.54) is 32.5 Å². The Labute approximate surface area is 384 Å². The van der Waals surface area contributed by atoms with Gasteiger partial charge in [0.05, 0.1) is 30.9 Å². The SMILES string of the molecule is CCc1c(OC)cc(OC2OC(CO)C(O)(CC(CN3C(=O)C=CC3=O)c3ccnc(N)c3)C(O)C2O)c2c1C(=O)c1cc3c(c(O)c1C2=O)C(NC(N)=NC)CCC3Cc1ccc(N)nc1. The van der Waals surface area contributed by atoms with Gasteiger partial charge in [-0.3, -0.25) is 29.1 Å². The van der Waals surface area contributed by atoms with Crippen molar-refractivity contribution in [1.29, 1.82) is 0 Å². The fourth-order valence-electron chi connectivity index (χ4n) is 9.87. The van der Waals surface area contributed by atoms with Gasteiger partial charge in [0.2, 0.25) is 12.1 Å². The number of ether oxygens (including phenoxy) is 3. The topological polar surface area (TPSA) is 329 Å². The number of anilines is 2. The molecule has 4 heterocycles. The molecular weight excluding hydrogens is 869 g/mol. The number of imide groups is 1. The van der Waals surface area contributed by atoms with Crippen LogP contribution in [0, 0.1) is 0 Å². The normalized spacial score (nSPS) is 25.1. The number of phenols is 1. The third kappa shape index (κ3) is 8.31. The number of hydrogen-bond acceptors (Lipinski definition) is 17. The first-order valence-electron chi connectivity index (χ1n) is 21.7. The molecule has 4 aliphatic rings. The lowest BCUT2D eigenvalue weighted by Crippen LogP contribution is -2.68. The van der Waals surface area contributed by atoms with Gasteiger partial charge in [-0.25, -0.2) is 9.97 Å². The second-order valence-electron chi connectivity index (χ2n) is 17.1. The summed E-state index contributed by atoms with van der Waals surface area (Å²) in [7, 11) is 2.86. The van der Waals surface area contributed by atoms with Crippen molar-refractivity contribution >= 4 is 41.0 Å². The van der Waals surface area contributed by atoms with Gasteiger partial charge in [-0.2, -0.15) is 0 Å². The largest absolute Gasteiger partial charge is 0.507 e. The second-order valence-corrected chi connectivity index (χ2v) is 17.1. The minimum Gasteiger partial charge on any atom is -0.507 e. The van der Waals surface area contributed by atoms with Crippen LogP contribution in [0.5, 0.6) is 17.2 Å². The number of carbonyl (C=O) groups is 4. The minimum absolute atomic E-state index is 0.0609. The monoisotopic (exact) mass is 920 g/mol. The van der Waals surface area contributed by atoms with Gasteiger partial charge in [-0.1, -0.05) is 13.0 Å². The number of nitrogens with one attached hydrogen (secondary N) is 1. The molecule has 2 aliphatic heterocycles. The number of hydrogen-bond donors (Lipinski definition) is 9. The highest BCUT2D eigenvalue weighted by Gasteiger charge is 2.57. The molecule has 2 aromatic heterocycles. The van der Waals surface area contributed by atoms with Gasteiger partial charge in [0.1, 0.15) is 52.8 Å². The number of guanidine groups is 1. The van der Waals surface area contributed by atoms with Gasteiger partial charge < -0.3 is 62.3 Å². The molecular formula is C47H52N8O12. The Morgan fingerprint density at radius 1 is 1.00 bits per heavy atom. The van der Waals surface area contributed by atoms with Gasteiger partial charge in [0.25, 0.3) is 11.8 Å². The fourth-order valence-corrected chi connectivity index (χ4v) is 9.87. The number of aromatic hydroxyl groups is 1. The molecule has 8 rings (SSSR count). The van der Waals surface area contributed by atoms with Crippen molar-refractivity contribution in [3.05, 3.63) is 111 Å². The van der Waals surface area contributed by atoms with Gasteiger partial charge in [0.15, 0.2) is 11.7 Å². The number of rotatable bonds is 13. The summed E-state index contributed by atoms with van der Waals surface area (Å²) in [4.78, 5) is 68.5. The molecule has 20 heteroatoms.